The van der Waals surface area contributed by atoms with E-state index in [1.165, 1.54) is 0 Å². The molecule has 1 atom stereocenters. The molecule has 1 unspecified atom stereocenters. The molecule has 7 nitrogen and oxygen atoms in total. The van der Waals surface area contributed by atoms with Crippen molar-refractivity contribution in [2.45, 2.75) is 72.8 Å². The highest BCUT2D eigenvalue weighted by atomic mass is 16.2. The lowest BCUT2D eigenvalue weighted by atomic mass is 10.1. The standard InChI is InChI=1S/C22H43N5O2/c1-17(2)16-21(29)27-14-12-26(13-15-27)20(28)10-8-7-9-11-24-22(23-6)25-19(5)18(3)4/h17-19H,7-16H2,1-6H3,(H2,23,24,25). The number of carbonyl (C=O) groups excluding carboxylic acids is 2. The summed E-state index contributed by atoms with van der Waals surface area (Å²) in [6, 6.07) is 0.375. The smallest absolute Gasteiger partial charge is 0.222 e. The topological polar surface area (TPSA) is 77.0 Å². The number of amides is 2. The van der Waals surface area contributed by atoms with E-state index in [1.807, 2.05) is 9.80 Å². The largest absolute Gasteiger partial charge is 0.356 e. The lowest BCUT2D eigenvalue weighted by Gasteiger charge is -2.35. The Hall–Kier alpha value is -1.79. The highest BCUT2D eigenvalue weighted by Crippen LogP contribution is 2.10. The summed E-state index contributed by atoms with van der Waals surface area (Å²) >= 11 is 0. The van der Waals surface area contributed by atoms with Crippen LogP contribution < -0.4 is 10.6 Å². The maximum absolute atomic E-state index is 12.4. The van der Waals surface area contributed by atoms with E-state index in [-0.39, 0.29) is 11.8 Å². The molecule has 1 aliphatic heterocycles. The minimum Gasteiger partial charge on any atom is -0.356 e. The van der Waals surface area contributed by atoms with Crippen LogP contribution in [-0.2, 0) is 9.59 Å². The van der Waals surface area contributed by atoms with Gasteiger partial charge in [0, 0.05) is 58.7 Å². The molecule has 1 heterocycles. The van der Waals surface area contributed by atoms with E-state index in [4.69, 9.17) is 0 Å². The zero-order chi connectivity index (χ0) is 21.8. The molecular weight excluding hydrogens is 366 g/mol. The molecular formula is C22H43N5O2. The molecule has 2 amide bonds. The highest BCUT2D eigenvalue weighted by molar-refractivity contribution is 5.80. The predicted octanol–water partition coefficient (Wildman–Crippen LogP) is 2.47. The van der Waals surface area contributed by atoms with Crippen molar-refractivity contribution in [2.24, 2.45) is 16.8 Å². The molecule has 1 fully saturated rings. The molecule has 0 aromatic rings. The molecule has 0 aliphatic carbocycles. The molecule has 0 aromatic heterocycles. The van der Waals surface area contributed by atoms with Gasteiger partial charge in [0.1, 0.15) is 0 Å². The third-order valence-corrected chi connectivity index (χ3v) is 5.52. The van der Waals surface area contributed by atoms with E-state index in [9.17, 15) is 9.59 Å². The van der Waals surface area contributed by atoms with Gasteiger partial charge in [-0.25, -0.2) is 0 Å². The Morgan fingerprint density at radius 3 is 2.00 bits per heavy atom. The van der Waals surface area contributed by atoms with Crippen LogP contribution in [0.25, 0.3) is 0 Å². The SMILES string of the molecule is CN=C(NCCCCCC(=O)N1CCN(C(=O)CC(C)C)CC1)NC(C)C(C)C. The average Bonchev–Trinajstić information content (AvgIpc) is 2.68. The zero-order valence-corrected chi connectivity index (χ0v) is 19.5. The monoisotopic (exact) mass is 409 g/mol. The van der Waals surface area contributed by atoms with Gasteiger partial charge in [-0.15, -0.1) is 0 Å². The fraction of sp³-hybridized carbons (Fsp3) is 0.864. The number of piperazine rings is 1. The molecule has 0 radical (unpaired) electrons. The Kier molecular flexibility index (Phi) is 11.7. The first-order valence-electron chi connectivity index (χ1n) is 11.3. The summed E-state index contributed by atoms with van der Waals surface area (Å²) in [5, 5.41) is 6.73. The van der Waals surface area contributed by atoms with Crippen molar-refractivity contribution in [1.29, 1.82) is 0 Å². The Morgan fingerprint density at radius 2 is 1.48 bits per heavy atom. The van der Waals surface area contributed by atoms with Gasteiger partial charge in [-0.05, 0) is 31.6 Å². The normalized spacial score (nSPS) is 16.3. The van der Waals surface area contributed by atoms with Gasteiger partial charge in [-0.1, -0.05) is 34.1 Å². The second kappa shape index (κ2) is 13.4. The summed E-state index contributed by atoms with van der Waals surface area (Å²) in [4.78, 5) is 32.6. The first kappa shape index (κ1) is 25.2. The van der Waals surface area contributed by atoms with Gasteiger partial charge < -0.3 is 20.4 Å². The summed E-state index contributed by atoms with van der Waals surface area (Å²) in [7, 11) is 1.79. The van der Waals surface area contributed by atoms with Crippen molar-refractivity contribution in [3.63, 3.8) is 0 Å². The molecule has 1 rings (SSSR count). The fourth-order valence-electron chi connectivity index (χ4n) is 3.20. The summed E-state index contributed by atoms with van der Waals surface area (Å²) in [6.45, 7) is 14.2. The third-order valence-electron chi connectivity index (χ3n) is 5.52. The highest BCUT2D eigenvalue weighted by Gasteiger charge is 2.23. The van der Waals surface area contributed by atoms with Gasteiger partial charge in [0.05, 0.1) is 0 Å². The van der Waals surface area contributed by atoms with Crippen LogP contribution in [0.2, 0.25) is 0 Å². The van der Waals surface area contributed by atoms with E-state index in [1.54, 1.807) is 7.05 Å². The van der Waals surface area contributed by atoms with E-state index in [0.717, 1.165) is 31.8 Å². The third kappa shape index (κ3) is 9.99. The maximum Gasteiger partial charge on any atom is 0.222 e. The van der Waals surface area contributed by atoms with Crippen LogP contribution in [0.1, 0.15) is 66.7 Å². The molecule has 29 heavy (non-hydrogen) atoms. The van der Waals surface area contributed by atoms with E-state index < -0.39 is 0 Å². The average molecular weight is 410 g/mol. The molecule has 0 bridgehead atoms. The molecule has 7 heteroatoms. The predicted molar refractivity (Wildman–Crippen MR) is 120 cm³/mol. The molecule has 0 spiro atoms. The second-order valence-corrected chi connectivity index (χ2v) is 8.85. The van der Waals surface area contributed by atoms with Crippen LogP contribution in [0.5, 0.6) is 0 Å². The second-order valence-electron chi connectivity index (χ2n) is 8.85. The van der Waals surface area contributed by atoms with Crippen LogP contribution in [-0.4, -0.2) is 73.4 Å². The first-order valence-corrected chi connectivity index (χ1v) is 11.3. The Bertz CT molecular complexity index is 525. The van der Waals surface area contributed by atoms with Gasteiger partial charge in [0.25, 0.3) is 0 Å². The van der Waals surface area contributed by atoms with Crippen molar-refractivity contribution < 1.29 is 9.59 Å². The van der Waals surface area contributed by atoms with Crippen LogP contribution in [0.15, 0.2) is 4.99 Å². The fourth-order valence-corrected chi connectivity index (χ4v) is 3.20. The number of guanidine groups is 1. The van der Waals surface area contributed by atoms with Crippen LogP contribution >= 0.6 is 0 Å². The van der Waals surface area contributed by atoms with Gasteiger partial charge in [-0.2, -0.15) is 0 Å². The molecule has 0 aromatic carbocycles. The van der Waals surface area contributed by atoms with Gasteiger partial charge >= 0.3 is 0 Å². The van der Waals surface area contributed by atoms with Crippen molar-refractivity contribution in [2.75, 3.05) is 39.8 Å². The minimum absolute atomic E-state index is 0.215. The van der Waals surface area contributed by atoms with Crippen LogP contribution in [0.4, 0.5) is 0 Å². The molecule has 1 aliphatic rings. The number of carbonyl (C=O) groups is 2. The Morgan fingerprint density at radius 1 is 0.897 bits per heavy atom. The number of nitrogens with one attached hydrogen (secondary N) is 2. The number of hydrogen-bond donors (Lipinski definition) is 2. The number of nitrogens with zero attached hydrogens (tertiary/aromatic N) is 3. The lowest BCUT2D eigenvalue weighted by molar-refractivity contribution is -0.140. The molecule has 1 saturated heterocycles. The number of unbranched alkanes of at least 4 members (excludes halogenated alkanes) is 2. The van der Waals surface area contributed by atoms with E-state index in [2.05, 4.69) is 50.2 Å². The Labute approximate surface area is 177 Å². The lowest BCUT2D eigenvalue weighted by Crippen LogP contribution is -2.50. The zero-order valence-electron chi connectivity index (χ0n) is 19.5. The van der Waals surface area contributed by atoms with Crippen molar-refractivity contribution in [3.8, 4) is 0 Å². The molecule has 0 saturated carbocycles. The molecule has 168 valence electrons. The number of hydrogen-bond acceptors (Lipinski definition) is 3. The first-order chi connectivity index (χ1) is 13.7. The summed E-state index contributed by atoms with van der Waals surface area (Å²) in [5.41, 5.74) is 0. The summed E-state index contributed by atoms with van der Waals surface area (Å²) in [6.07, 6.45) is 4.13. The van der Waals surface area contributed by atoms with Crippen LogP contribution in [0.3, 0.4) is 0 Å². The van der Waals surface area contributed by atoms with Gasteiger partial charge in [0.2, 0.25) is 11.8 Å². The van der Waals surface area contributed by atoms with Crippen LogP contribution in [0, 0.1) is 11.8 Å². The summed E-state index contributed by atoms with van der Waals surface area (Å²) < 4.78 is 0. The quantitative estimate of drug-likeness (QED) is 0.330. The van der Waals surface area contributed by atoms with Gasteiger partial charge in [0.15, 0.2) is 5.96 Å². The van der Waals surface area contributed by atoms with Crippen molar-refractivity contribution >= 4 is 17.8 Å². The maximum atomic E-state index is 12.4. The number of aliphatic imine (C=N–C) groups is 1. The molecule has 2 N–H and O–H groups in total. The van der Waals surface area contributed by atoms with Gasteiger partial charge in [-0.3, -0.25) is 14.6 Å². The Balaban J connectivity index is 2.15. The number of rotatable bonds is 10. The van der Waals surface area contributed by atoms with E-state index >= 15 is 0 Å². The van der Waals surface area contributed by atoms with Crippen molar-refractivity contribution in [3.05, 3.63) is 0 Å². The summed E-state index contributed by atoms with van der Waals surface area (Å²) in [5.74, 6) is 2.21. The minimum atomic E-state index is 0.215. The van der Waals surface area contributed by atoms with E-state index in [0.29, 0.717) is 56.9 Å². The van der Waals surface area contributed by atoms with Crippen molar-refractivity contribution in [1.82, 2.24) is 20.4 Å².